The van der Waals surface area contributed by atoms with Gasteiger partial charge >= 0.3 is 0 Å². The molecule has 0 spiro atoms. The highest BCUT2D eigenvalue weighted by atomic mass is 16.1. The molecule has 4 heteroatoms. The first-order chi connectivity index (χ1) is 5.81. The SMILES string of the molecule is CCc1ncnc2c1CC(=O)N2. The lowest BCUT2D eigenvalue weighted by Crippen LogP contribution is -2.04. The largest absolute Gasteiger partial charge is 0.310 e. The number of nitrogens with one attached hydrogen (secondary N) is 1. The van der Waals surface area contributed by atoms with E-state index in [1.165, 1.54) is 6.33 Å². The van der Waals surface area contributed by atoms with E-state index in [9.17, 15) is 4.79 Å². The van der Waals surface area contributed by atoms with Gasteiger partial charge in [-0.25, -0.2) is 9.97 Å². The molecule has 0 bridgehead atoms. The number of aryl methyl sites for hydroxylation is 1. The van der Waals surface area contributed by atoms with E-state index in [2.05, 4.69) is 15.3 Å². The quantitative estimate of drug-likeness (QED) is 0.657. The van der Waals surface area contributed by atoms with Gasteiger partial charge in [-0.05, 0) is 6.42 Å². The molecule has 2 heterocycles. The van der Waals surface area contributed by atoms with Crippen molar-refractivity contribution in [1.29, 1.82) is 0 Å². The van der Waals surface area contributed by atoms with Crippen molar-refractivity contribution in [3.05, 3.63) is 17.6 Å². The Hall–Kier alpha value is -1.45. The van der Waals surface area contributed by atoms with Crippen LogP contribution in [0.1, 0.15) is 18.2 Å². The van der Waals surface area contributed by atoms with Crippen LogP contribution in [0.3, 0.4) is 0 Å². The number of fused-ring (bicyclic) bond motifs is 1. The van der Waals surface area contributed by atoms with Gasteiger partial charge in [0.05, 0.1) is 6.42 Å². The van der Waals surface area contributed by atoms with Crippen molar-refractivity contribution < 1.29 is 4.79 Å². The van der Waals surface area contributed by atoms with Crippen LogP contribution >= 0.6 is 0 Å². The molecule has 1 amide bonds. The van der Waals surface area contributed by atoms with Crippen molar-refractivity contribution in [1.82, 2.24) is 9.97 Å². The molecule has 0 radical (unpaired) electrons. The lowest BCUT2D eigenvalue weighted by atomic mass is 10.1. The van der Waals surface area contributed by atoms with Gasteiger partial charge in [0.25, 0.3) is 0 Å². The molecule has 0 aliphatic carbocycles. The van der Waals surface area contributed by atoms with Crippen LogP contribution in [0.15, 0.2) is 6.33 Å². The monoisotopic (exact) mass is 163 g/mol. The molecule has 0 atom stereocenters. The zero-order valence-electron chi connectivity index (χ0n) is 6.79. The third-order valence-corrected chi connectivity index (χ3v) is 1.96. The zero-order valence-corrected chi connectivity index (χ0v) is 6.79. The molecule has 62 valence electrons. The maximum Gasteiger partial charge on any atom is 0.230 e. The van der Waals surface area contributed by atoms with Crippen LogP contribution in [-0.4, -0.2) is 15.9 Å². The van der Waals surface area contributed by atoms with Crippen molar-refractivity contribution in [3.8, 4) is 0 Å². The van der Waals surface area contributed by atoms with E-state index in [1.807, 2.05) is 6.92 Å². The van der Waals surface area contributed by atoms with Gasteiger partial charge in [-0.3, -0.25) is 4.79 Å². The number of nitrogens with zero attached hydrogens (tertiary/aromatic N) is 2. The first-order valence-corrected chi connectivity index (χ1v) is 3.94. The van der Waals surface area contributed by atoms with Gasteiger partial charge in [-0.2, -0.15) is 0 Å². The van der Waals surface area contributed by atoms with Crippen LogP contribution < -0.4 is 5.32 Å². The van der Waals surface area contributed by atoms with E-state index >= 15 is 0 Å². The molecular weight excluding hydrogens is 154 g/mol. The molecule has 0 aromatic carbocycles. The second-order valence-corrected chi connectivity index (χ2v) is 2.73. The maximum atomic E-state index is 11.0. The van der Waals surface area contributed by atoms with Crippen LogP contribution in [-0.2, 0) is 17.6 Å². The smallest absolute Gasteiger partial charge is 0.230 e. The molecule has 2 rings (SSSR count). The van der Waals surface area contributed by atoms with Crippen LogP contribution in [0.5, 0.6) is 0 Å². The van der Waals surface area contributed by atoms with Gasteiger partial charge in [0.1, 0.15) is 12.1 Å². The Morgan fingerprint density at radius 1 is 1.58 bits per heavy atom. The highest BCUT2D eigenvalue weighted by Gasteiger charge is 2.21. The molecule has 0 saturated carbocycles. The number of hydrogen-bond acceptors (Lipinski definition) is 3. The molecular formula is C8H9N3O. The second-order valence-electron chi connectivity index (χ2n) is 2.73. The highest BCUT2D eigenvalue weighted by Crippen LogP contribution is 2.21. The minimum atomic E-state index is 0.0141. The van der Waals surface area contributed by atoms with E-state index in [-0.39, 0.29) is 5.91 Å². The third kappa shape index (κ3) is 0.958. The average molecular weight is 163 g/mol. The first kappa shape index (κ1) is 7.21. The fourth-order valence-electron chi connectivity index (χ4n) is 1.38. The Morgan fingerprint density at radius 3 is 3.17 bits per heavy atom. The summed E-state index contributed by atoms with van der Waals surface area (Å²) in [5.41, 5.74) is 1.93. The summed E-state index contributed by atoms with van der Waals surface area (Å²) >= 11 is 0. The Balaban J connectivity index is 2.51. The van der Waals surface area contributed by atoms with E-state index in [4.69, 9.17) is 0 Å². The summed E-state index contributed by atoms with van der Waals surface area (Å²) in [5.74, 6) is 0.701. The summed E-state index contributed by atoms with van der Waals surface area (Å²) in [6.45, 7) is 2.02. The Labute approximate surface area is 70.0 Å². The van der Waals surface area contributed by atoms with Gasteiger partial charge in [0.2, 0.25) is 5.91 Å². The van der Waals surface area contributed by atoms with E-state index in [1.54, 1.807) is 0 Å². The summed E-state index contributed by atoms with van der Waals surface area (Å²) in [7, 11) is 0. The van der Waals surface area contributed by atoms with Crippen LogP contribution in [0.4, 0.5) is 5.82 Å². The normalized spacial score (nSPS) is 14.2. The summed E-state index contributed by atoms with van der Waals surface area (Å²) in [5, 5.41) is 2.68. The summed E-state index contributed by atoms with van der Waals surface area (Å²) in [6.07, 6.45) is 2.77. The maximum absolute atomic E-state index is 11.0. The number of aromatic nitrogens is 2. The van der Waals surface area contributed by atoms with Gasteiger partial charge in [-0.1, -0.05) is 6.92 Å². The summed E-state index contributed by atoms with van der Waals surface area (Å²) in [4.78, 5) is 19.1. The number of rotatable bonds is 1. The van der Waals surface area contributed by atoms with Gasteiger partial charge in [-0.15, -0.1) is 0 Å². The average Bonchev–Trinajstić information content (AvgIpc) is 2.44. The van der Waals surface area contributed by atoms with Gasteiger partial charge in [0.15, 0.2) is 0 Å². The lowest BCUT2D eigenvalue weighted by molar-refractivity contribution is -0.115. The number of carbonyl (C=O) groups excluding carboxylic acids is 1. The number of carbonyl (C=O) groups is 1. The molecule has 12 heavy (non-hydrogen) atoms. The van der Waals surface area contributed by atoms with E-state index in [0.717, 1.165) is 17.7 Å². The van der Waals surface area contributed by atoms with Crippen molar-refractivity contribution in [2.24, 2.45) is 0 Å². The minimum absolute atomic E-state index is 0.0141. The van der Waals surface area contributed by atoms with Crippen molar-refractivity contribution in [2.75, 3.05) is 5.32 Å². The fourth-order valence-corrected chi connectivity index (χ4v) is 1.38. The molecule has 1 N–H and O–H groups in total. The number of hydrogen-bond donors (Lipinski definition) is 1. The molecule has 0 unspecified atom stereocenters. The van der Waals surface area contributed by atoms with Gasteiger partial charge < -0.3 is 5.32 Å². The standard InChI is InChI=1S/C8H9N3O/c1-2-6-5-3-7(12)11-8(5)10-4-9-6/h4H,2-3H2,1H3,(H,9,10,11,12). The molecule has 1 aliphatic heterocycles. The van der Waals surface area contributed by atoms with Crippen LogP contribution in [0, 0.1) is 0 Å². The Kier molecular flexibility index (Phi) is 1.53. The molecule has 4 nitrogen and oxygen atoms in total. The fraction of sp³-hybridized carbons (Fsp3) is 0.375. The zero-order chi connectivity index (χ0) is 8.55. The van der Waals surface area contributed by atoms with Crippen molar-refractivity contribution in [3.63, 3.8) is 0 Å². The lowest BCUT2D eigenvalue weighted by Gasteiger charge is -2.00. The van der Waals surface area contributed by atoms with E-state index < -0.39 is 0 Å². The van der Waals surface area contributed by atoms with Crippen molar-refractivity contribution in [2.45, 2.75) is 19.8 Å². The summed E-state index contributed by atoms with van der Waals surface area (Å²) in [6, 6.07) is 0. The molecule has 0 saturated heterocycles. The van der Waals surface area contributed by atoms with Crippen LogP contribution in [0.25, 0.3) is 0 Å². The number of anilines is 1. The molecule has 1 aliphatic rings. The van der Waals surface area contributed by atoms with Crippen molar-refractivity contribution >= 4 is 11.7 Å². The Bertz CT molecular complexity index is 335. The predicted molar refractivity (Wildman–Crippen MR) is 43.7 cm³/mol. The topological polar surface area (TPSA) is 54.9 Å². The van der Waals surface area contributed by atoms with E-state index in [0.29, 0.717) is 12.2 Å². The minimum Gasteiger partial charge on any atom is -0.310 e. The second kappa shape index (κ2) is 2.55. The molecule has 1 aromatic rings. The summed E-state index contributed by atoms with van der Waals surface area (Å²) < 4.78 is 0. The predicted octanol–water partition coefficient (Wildman–Crippen LogP) is 0.534. The third-order valence-electron chi connectivity index (χ3n) is 1.96. The first-order valence-electron chi connectivity index (χ1n) is 3.94. The number of amides is 1. The van der Waals surface area contributed by atoms with Crippen LogP contribution in [0.2, 0.25) is 0 Å². The van der Waals surface area contributed by atoms with Gasteiger partial charge in [0, 0.05) is 11.3 Å². The highest BCUT2D eigenvalue weighted by molar-refractivity contribution is 5.98. The Morgan fingerprint density at radius 2 is 2.42 bits per heavy atom. The molecule has 1 aromatic heterocycles. The molecule has 0 fully saturated rings.